The SMILES string of the molecule is C[Si](Cc1ccccc1)(OC(F)(F)F)C(F)F. The van der Waals surface area contributed by atoms with Gasteiger partial charge in [0.05, 0.1) is 0 Å². The van der Waals surface area contributed by atoms with E-state index in [1.54, 1.807) is 18.2 Å². The van der Waals surface area contributed by atoms with E-state index in [2.05, 4.69) is 4.43 Å². The van der Waals surface area contributed by atoms with Crippen LogP contribution >= 0.6 is 0 Å². The first-order valence-corrected chi connectivity index (χ1v) is 7.51. The van der Waals surface area contributed by atoms with Crippen LogP contribution in [0.5, 0.6) is 0 Å². The van der Waals surface area contributed by atoms with Crippen molar-refractivity contribution in [3.8, 4) is 0 Å². The molecule has 0 fully saturated rings. The third-order valence-electron chi connectivity index (χ3n) is 2.21. The molecule has 0 radical (unpaired) electrons. The number of hydrogen-bond acceptors (Lipinski definition) is 1. The molecule has 1 rings (SSSR count). The van der Waals surface area contributed by atoms with Crippen LogP contribution in [-0.2, 0) is 10.5 Å². The molecule has 0 N–H and O–H groups in total. The first-order chi connectivity index (χ1) is 7.73. The Morgan fingerprint density at radius 2 is 1.71 bits per heavy atom. The zero-order chi connectivity index (χ0) is 13.1. The summed E-state index contributed by atoms with van der Waals surface area (Å²) in [6.45, 7) is 0.887. The van der Waals surface area contributed by atoms with E-state index in [-0.39, 0.29) is 6.04 Å². The Labute approximate surface area is 96.3 Å². The zero-order valence-corrected chi connectivity index (χ0v) is 9.97. The quantitative estimate of drug-likeness (QED) is 0.599. The van der Waals surface area contributed by atoms with Crippen molar-refractivity contribution in [2.75, 3.05) is 0 Å². The Kier molecular flexibility index (Phi) is 4.26. The van der Waals surface area contributed by atoms with Crippen molar-refractivity contribution in [2.45, 2.75) is 25.0 Å². The Bertz CT molecular complexity index is 353. The van der Waals surface area contributed by atoms with E-state index in [1.807, 2.05) is 0 Å². The minimum Gasteiger partial charge on any atom is -0.328 e. The Morgan fingerprint density at radius 1 is 1.18 bits per heavy atom. The van der Waals surface area contributed by atoms with E-state index >= 15 is 0 Å². The van der Waals surface area contributed by atoms with Gasteiger partial charge in [0, 0.05) is 0 Å². The van der Waals surface area contributed by atoms with Crippen LogP contribution in [0.3, 0.4) is 0 Å². The van der Waals surface area contributed by atoms with Gasteiger partial charge in [-0.15, -0.1) is 13.2 Å². The first-order valence-electron chi connectivity index (χ1n) is 4.82. The van der Waals surface area contributed by atoms with E-state index in [4.69, 9.17) is 0 Å². The van der Waals surface area contributed by atoms with Gasteiger partial charge in [-0.2, -0.15) is 0 Å². The molecular weight excluding hydrogens is 259 g/mol. The first kappa shape index (κ1) is 14.1. The van der Waals surface area contributed by atoms with Gasteiger partial charge >= 0.3 is 6.36 Å². The highest BCUT2D eigenvalue weighted by Crippen LogP contribution is 2.29. The van der Waals surface area contributed by atoms with Gasteiger partial charge in [0.1, 0.15) is 0 Å². The summed E-state index contributed by atoms with van der Waals surface area (Å²) in [5.41, 5.74) is 0.422. The predicted octanol–water partition coefficient (Wildman–Crippen LogP) is 3.68. The highest BCUT2D eigenvalue weighted by molar-refractivity contribution is 6.72. The number of halogens is 5. The maximum Gasteiger partial charge on any atom is 0.512 e. The average Bonchev–Trinajstić information content (AvgIpc) is 2.15. The third kappa shape index (κ3) is 4.43. The van der Waals surface area contributed by atoms with Crippen LogP contribution in [0.2, 0.25) is 6.55 Å². The van der Waals surface area contributed by atoms with Gasteiger partial charge in [-0.05, 0) is 18.2 Å². The maximum absolute atomic E-state index is 12.7. The maximum atomic E-state index is 12.7. The van der Waals surface area contributed by atoms with E-state index in [1.165, 1.54) is 12.1 Å². The summed E-state index contributed by atoms with van der Waals surface area (Å²) in [6.07, 6.45) is -5.02. The van der Waals surface area contributed by atoms with Gasteiger partial charge < -0.3 is 4.43 Å². The molecule has 1 aromatic rings. The van der Waals surface area contributed by atoms with Crippen molar-refractivity contribution in [2.24, 2.45) is 0 Å². The van der Waals surface area contributed by atoms with Gasteiger partial charge in [-0.25, -0.2) is 8.78 Å². The molecule has 0 saturated carbocycles. The summed E-state index contributed by atoms with van der Waals surface area (Å²) in [5.74, 6) is 0. The summed E-state index contributed by atoms with van der Waals surface area (Å²) >= 11 is 0. The van der Waals surface area contributed by atoms with Crippen LogP contribution in [0.4, 0.5) is 22.0 Å². The Hall–Kier alpha value is -0.953. The second-order valence-corrected chi connectivity index (χ2v) is 7.44. The predicted molar refractivity (Wildman–Crippen MR) is 54.9 cm³/mol. The third-order valence-corrected chi connectivity index (χ3v) is 4.94. The molecule has 1 unspecified atom stereocenters. The van der Waals surface area contributed by atoms with Crippen molar-refractivity contribution in [1.82, 2.24) is 0 Å². The van der Waals surface area contributed by atoms with Crippen molar-refractivity contribution in [1.29, 1.82) is 0 Å². The van der Waals surface area contributed by atoms with Gasteiger partial charge in [0.2, 0.25) is 6.05 Å². The Morgan fingerprint density at radius 3 is 2.12 bits per heavy atom. The summed E-state index contributed by atoms with van der Waals surface area (Å²) < 4.78 is 65.4. The molecule has 1 aromatic carbocycles. The molecule has 0 saturated heterocycles. The highest BCUT2D eigenvalue weighted by atomic mass is 28.4. The molecule has 17 heavy (non-hydrogen) atoms. The average molecular weight is 270 g/mol. The minimum absolute atomic E-state index is 0.370. The van der Waals surface area contributed by atoms with Crippen molar-refractivity contribution >= 4 is 8.32 Å². The second-order valence-electron chi connectivity index (χ2n) is 3.82. The summed E-state index contributed by atoms with van der Waals surface area (Å²) in [6, 6.07) is 4.39. The number of benzene rings is 1. The molecule has 7 heteroatoms. The summed E-state index contributed by atoms with van der Waals surface area (Å²) in [5, 5.41) is 0. The highest BCUT2D eigenvalue weighted by Gasteiger charge is 2.49. The number of alkyl halides is 5. The molecule has 1 atom stereocenters. The molecule has 1 nitrogen and oxygen atoms in total. The standard InChI is InChI=1S/C10H11F5OSi/c1-17(9(11)12,16-10(13,14)15)7-8-5-3-2-4-6-8/h2-6,9H,7H2,1H3. The molecule has 0 bridgehead atoms. The van der Waals surface area contributed by atoms with Crippen molar-refractivity contribution in [3.05, 3.63) is 35.9 Å². The van der Waals surface area contributed by atoms with Crippen LogP contribution in [-0.4, -0.2) is 20.7 Å². The van der Waals surface area contributed by atoms with Gasteiger partial charge in [-0.3, -0.25) is 0 Å². The monoisotopic (exact) mass is 270 g/mol. The normalized spacial score (nSPS) is 15.9. The lowest BCUT2D eigenvalue weighted by atomic mass is 10.2. The van der Waals surface area contributed by atoms with Crippen LogP contribution in [0.15, 0.2) is 30.3 Å². The Balaban J connectivity index is 2.86. The van der Waals surface area contributed by atoms with Crippen LogP contribution in [0.25, 0.3) is 0 Å². The molecule has 0 aromatic heterocycles. The molecule has 0 spiro atoms. The summed E-state index contributed by atoms with van der Waals surface area (Å²) in [7, 11) is -4.16. The van der Waals surface area contributed by atoms with Crippen LogP contribution in [0.1, 0.15) is 5.56 Å². The van der Waals surface area contributed by atoms with Gasteiger partial charge in [0.15, 0.2) is 0 Å². The van der Waals surface area contributed by atoms with Crippen molar-refractivity contribution < 1.29 is 26.4 Å². The van der Waals surface area contributed by atoms with Gasteiger partial charge in [0.25, 0.3) is 8.32 Å². The van der Waals surface area contributed by atoms with E-state index in [0.717, 1.165) is 6.55 Å². The fourth-order valence-electron chi connectivity index (χ4n) is 1.42. The van der Waals surface area contributed by atoms with E-state index < -0.39 is 20.7 Å². The lowest BCUT2D eigenvalue weighted by Crippen LogP contribution is -2.49. The molecule has 0 aliphatic carbocycles. The molecular formula is C10H11F5OSi. The lowest BCUT2D eigenvalue weighted by Gasteiger charge is -2.27. The smallest absolute Gasteiger partial charge is 0.328 e. The van der Waals surface area contributed by atoms with Crippen LogP contribution in [0, 0.1) is 0 Å². The topological polar surface area (TPSA) is 9.23 Å². The molecule has 0 amide bonds. The van der Waals surface area contributed by atoms with Gasteiger partial charge in [-0.1, -0.05) is 30.3 Å². The van der Waals surface area contributed by atoms with E-state index in [9.17, 15) is 22.0 Å². The molecule has 0 aliphatic heterocycles. The lowest BCUT2D eigenvalue weighted by molar-refractivity contribution is -0.284. The van der Waals surface area contributed by atoms with E-state index in [0.29, 0.717) is 5.56 Å². The summed E-state index contributed by atoms with van der Waals surface area (Å²) in [4.78, 5) is 0. The largest absolute Gasteiger partial charge is 0.512 e. The molecule has 0 heterocycles. The van der Waals surface area contributed by atoms with Crippen molar-refractivity contribution in [3.63, 3.8) is 0 Å². The van der Waals surface area contributed by atoms with Crippen LogP contribution < -0.4 is 0 Å². The fraction of sp³-hybridized carbons (Fsp3) is 0.400. The molecule has 0 aliphatic rings. The number of rotatable bonds is 4. The second kappa shape index (κ2) is 5.13. The zero-order valence-electron chi connectivity index (χ0n) is 8.97. The fourth-order valence-corrected chi connectivity index (χ4v) is 3.31. The minimum atomic E-state index is -5.02. The number of hydrogen-bond donors (Lipinski definition) is 0. The molecule has 96 valence electrons.